The van der Waals surface area contributed by atoms with Gasteiger partial charge in [-0.1, -0.05) is 11.3 Å². The molecule has 1 aliphatic rings. The highest BCUT2D eigenvalue weighted by Gasteiger charge is 2.24. The molecule has 0 amide bonds. The lowest BCUT2D eigenvalue weighted by Gasteiger charge is -2.16. The maximum Gasteiger partial charge on any atom is 0.207 e. The summed E-state index contributed by atoms with van der Waals surface area (Å²) in [5, 5.41) is 20.7. The SMILES string of the molecule is Cc1ccc(N2CCC(Nc3nnc(N)s3)C2)nn1. The van der Waals surface area contributed by atoms with Crippen LogP contribution in [-0.2, 0) is 0 Å². The summed E-state index contributed by atoms with van der Waals surface area (Å²) in [4.78, 5) is 2.22. The van der Waals surface area contributed by atoms with Gasteiger partial charge in [0.15, 0.2) is 5.82 Å². The molecule has 3 rings (SSSR count). The fourth-order valence-electron chi connectivity index (χ4n) is 2.11. The average molecular weight is 277 g/mol. The minimum atomic E-state index is 0.343. The van der Waals surface area contributed by atoms with Gasteiger partial charge in [0.1, 0.15) is 0 Å². The molecular weight excluding hydrogens is 262 g/mol. The highest BCUT2D eigenvalue weighted by molar-refractivity contribution is 7.18. The number of aryl methyl sites for hydroxylation is 1. The van der Waals surface area contributed by atoms with E-state index in [-0.39, 0.29) is 0 Å². The number of hydrogen-bond donors (Lipinski definition) is 2. The molecule has 1 unspecified atom stereocenters. The van der Waals surface area contributed by atoms with E-state index in [9.17, 15) is 0 Å². The lowest BCUT2D eigenvalue weighted by atomic mass is 10.3. The van der Waals surface area contributed by atoms with Gasteiger partial charge < -0.3 is 16.0 Å². The molecule has 7 nitrogen and oxygen atoms in total. The van der Waals surface area contributed by atoms with Crippen molar-refractivity contribution >= 4 is 27.4 Å². The van der Waals surface area contributed by atoms with Crippen LogP contribution in [0, 0.1) is 6.92 Å². The second-order valence-electron chi connectivity index (χ2n) is 4.55. The van der Waals surface area contributed by atoms with Gasteiger partial charge in [-0.3, -0.25) is 0 Å². The molecular formula is C11H15N7S. The molecule has 8 heteroatoms. The van der Waals surface area contributed by atoms with E-state index in [1.807, 2.05) is 19.1 Å². The van der Waals surface area contributed by atoms with E-state index >= 15 is 0 Å². The van der Waals surface area contributed by atoms with Crippen LogP contribution in [0.1, 0.15) is 12.1 Å². The molecule has 1 fully saturated rings. The lowest BCUT2D eigenvalue weighted by Crippen LogP contribution is -2.26. The average Bonchev–Trinajstić information content (AvgIpc) is 3.00. The Bertz CT molecular complexity index is 552. The van der Waals surface area contributed by atoms with E-state index < -0.39 is 0 Å². The molecule has 0 bridgehead atoms. The largest absolute Gasteiger partial charge is 0.374 e. The number of anilines is 3. The first-order chi connectivity index (χ1) is 9.20. The van der Waals surface area contributed by atoms with Crippen molar-refractivity contribution in [2.75, 3.05) is 29.0 Å². The molecule has 3 heterocycles. The molecule has 0 radical (unpaired) electrons. The van der Waals surface area contributed by atoms with Gasteiger partial charge in [0, 0.05) is 19.1 Å². The lowest BCUT2D eigenvalue weighted by molar-refractivity contribution is 0.799. The molecule has 0 aliphatic carbocycles. The Balaban J connectivity index is 1.62. The molecule has 100 valence electrons. The van der Waals surface area contributed by atoms with Gasteiger partial charge in [0.25, 0.3) is 0 Å². The normalized spacial score (nSPS) is 18.8. The molecule has 19 heavy (non-hydrogen) atoms. The number of nitrogen functional groups attached to an aromatic ring is 1. The Labute approximate surface area is 114 Å². The van der Waals surface area contributed by atoms with Crippen molar-refractivity contribution in [1.82, 2.24) is 20.4 Å². The van der Waals surface area contributed by atoms with Crippen LogP contribution in [0.2, 0.25) is 0 Å². The summed E-state index contributed by atoms with van der Waals surface area (Å²) >= 11 is 1.37. The Morgan fingerprint density at radius 3 is 2.89 bits per heavy atom. The van der Waals surface area contributed by atoms with E-state index in [1.165, 1.54) is 11.3 Å². The molecule has 0 saturated carbocycles. The van der Waals surface area contributed by atoms with Gasteiger partial charge in [-0.2, -0.15) is 5.10 Å². The predicted molar refractivity (Wildman–Crippen MR) is 75.3 cm³/mol. The number of nitrogens with zero attached hydrogens (tertiary/aromatic N) is 5. The van der Waals surface area contributed by atoms with E-state index in [4.69, 9.17) is 5.73 Å². The topological polar surface area (TPSA) is 92.8 Å². The third kappa shape index (κ3) is 2.73. The van der Waals surface area contributed by atoms with E-state index in [0.717, 1.165) is 36.2 Å². The predicted octanol–water partition coefficient (Wildman–Crippen LogP) is 0.910. The van der Waals surface area contributed by atoms with Crippen LogP contribution < -0.4 is 16.0 Å². The second-order valence-corrected chi connectivity index (χ2v) is 5.56. The zero-order valence-corrected chi connectivity index (χ0v) is 11.4. The summed E-state index contributed by atoms with van der Waals surface area (Å²) in [6.07, 6.45) is 1.04. The number of nitrogens with two attached hydrogens (primary N) is 1. The molecule has 0 spiro atoms. The van der Waals surface area contributed by atoms with Crippen LogP contribution in [-0.4, -0.2) is 39.5 Å². The van der Waals surface area contributed by atoms with Gasteiger partial charge in [0.05, 0.1) is 5.69 Å². The molecule has 2 aromatic rings. The summed E-state index contributed by atoms with van der Waals surface area (Å²) in [7, 11) is 0. The van der Waals surface area contributed by atoms with Crippen molar-refractivity contribution in [3.8, 4) is 0 Å². The molecule has 1 saturated heterocycles. The van der Waals surface area contributed by atoms with Crippen molar-refractivity contribution in [2.24, 2.45) is 0 Å². The molecule has 1 aliphatic heterocycles. The standard InChI is InChI=1S/C11H15N7S/c1-7-2-3-9(15-14-7)18-5-4-8(6-18)13-11-17-16-10(12)19-11/h2-3,8H,4-6H2,1H3,(H2,12,16)(H,13,17). The maximum absolute atomic E-state index is 5.56. The Kier molecular flexibility index (Phi) is 3.16. The molecule has 0 aromatic carbocycles. The minimum absolute atomic E-state index is 0.343. The number of hydrogen-bond acceptors (Lipinski definition) is 8. The van der Waals surface area contributed by atoms with Gasteiger partial charge in [-0.15, -0.1) is 15.3 Å². The van der Waals surface area contributed by atoms with E-state index in [2.05, 4.69) is 30.6 Å². The zero-order chi connectivity index (χ0) is 13.2. The van der Waals surface area contributed by atoms with E-state index in [0.29, 0.717) is 11.2 Å². The van der Waals surface area contributed by atoms with Gasteiger partial charge in [-0.05, 0) is 25.5 Å². The van der Waals surface area contributed by atoms with Gasteiger partial charge in [0.2, 0.25) is 10.3 Å². The molecule has 1 atom stereocenters. The summed E-state index contributed by atoms with van der Waals surface area (Å²) < 4.78 is 0. The Morgan fingerprint density at radius 1 is 1.32 bits per heavy atom. The van der Waals surface area contributed by atoms with Crippen molar-refractivity contribution < 1.29 is 0 Å². The fourth-order valence-corrected chi connectivity index (χ4v) is 2.70. The Morgan fingerprint density at radius 2 is 2.21 bits per heavy atom. The third-order valence-electron chi connectivity index (χ3n) is 3.06. The number of aromatic nitrogens is 4. The highest BCUT2D eigenvalue weighted by Crippen LogP contribution is 2.22. The van der Waals surface area contributed by atoms with Crippen molar-refractivity contribution in [3.05, 3.63) is 17.8 Å². The van der Waals surface area contributed by atoms with Crippen LogP contribution in [0.25, 0.3) is 0 Å². The Hall–Kier alpha value is -1.96. The first kappa shape index (κ1) is 12.1. The van der Waals surface area contributed by atoms with Crippen molar-refractivity contribution in [1.29, 1.82) is 0 Å². The number of rotatable bonds is 3. The first-order valence-electron chi connectivity index (χ1n) is 6.11. The molecule has 3 N–H and O–H groups in total. The maximum atomic E-state index is 5.56. The van der Waals surface area contributed by atoms with Crippen molar-refractivity contribution in [3.63, 3.8) is 0 Å². The summed E-state index contributed by atoms with van der Waals surface area (Å²) in [5.74, 6) is 0.923. The monoisotopic (exact) mass is 277 g/mol. The third-order valence-corrected chi connectivity index (χ3v) is 3.75. The summed E-state index contributed by atoms with van der Waals surface area (Å²) in [5.41, 5.74) is 6.49. The summed E-state index contributed by atoms with van der Waals surface area (Å²) in [6.45, 7) is 3.78. The quantitative estimate of drug-likeness (QED) is 0.861. The fraction of sp³-hybridized carbons (Fsp3) is 0.455. The summed E-state index contributed by atoms with van der Waals surface area (Å²) in [6, 6.07) is 4.33. The minimum Gasteiger partial charge on any atom is -0.374 e. The van der Waals surface area contributed by atoms with Gasteiger partial charge in [-0.25, -0.2) is 0 Å². The van der Waals surface area contributed by atoms with Crippen molar-refractivity contribution in [2.45, 2.75) is 19.4 Å². The van der Waals surface area contributed by atoms with Gasteiger partial charge >= 0.3 is 0 Å². The number of nitrogens with one attached hydrogen (secondary N) is 1. The zero-order valence-electron chi connectivity index (χ0n) is 10.6. The van der Waals surface area contributed by atoms with E-state index in [1.54, 1.807) is 0 Å². The second kappa shape index (κ2) is 4.96. The van der Waals surface area contributed by atoms with Crippen LogP contribution >= 0.6 is 11.3 Å². The van der Waals surface area contributed by atoms with Crippen LogP contribution in [0.5, 0.6) is 0 Å². The first-order valence-corrected chi connectivity index (χ1v) is 6.93. The molecule has 2 aromatic heterocycles. The smallest absolute Gasteiger partial charge is 0.207 e. The highest BCUT2D eigenvalue weighted by atomic mass is 32.1. The van der Waals surface area contributed by atoms with Crippen LogP contribution in [0.3, 0.4) is 0 Å². The van der Waals surface area contributed by atoms with Crippen LogP contribution in [0.15, 0.2) is 12.1 Å². The van der Waals surface area contributed by atoms with Crippen LogP contribution in [0.4, 0.5) is 16.1 Å².